The van der Waals surface area contributed by atoms with Gasteiger partial charge in [0, 0.05) is 0 Å². The van der Waals surface area contributed by atoms with Crippen LogP contribution in [0.25, 0.3) is 0 Å². The quantitative estimate of drug-likeness (QED) is 0.818. The van der Waals surface area contributed by atoms with Crippen LogP contribution >= 0.6 is 23.4 Å². The van der Waals surface area contributed by atoms with Gasteiger partial charge < -0.3 is 15.2 Å². The number of para-hydroxylation sites is 1. The van der Waals surface area contributed by atoms with Gasteiger partial charge in [-0.2, -0.15) is 11.8 Å². The fourth-order valence-corrected chi connectivity index (χ4v) is 3.81. The van der Waals surface area contributed by atoms with Crippen molar-refractivity contribution < 1.29 is 19.4 Å². The molecule has 1 heterocycles. The minimum absolute atomic E-state index is 0.415. The Hall–Kier alpha value is -1.40. The molecule has 0 aliphatic carbocycles. The van der Waals surface area contributed by atoms with Gasteiger partial charge in [-0.3, -0.25) is 4.79 Å². The molecular weight excluding hydrogens is 338 g/mol. The predicted molar refractivity (Wildman–Crippen MR) is 91.2 cm³/mol. The number of thioether (sulfide) groups is 1. The van der Waals surface area contributed by atoms with Crippen molar-refractivity contribution in [3.63, 3.8) is 0 Å². The van der Waals surface area contributed by atoms with Crippen molar-refractivity contribution >= 4 is 35.2 Å². The molecule has 0 radical (unpaired) electrons. The summed E-state index contributed by atoms with van der Waals surface area (Å²) in [6, 6.07) is 6.90. The van der Waals surface area contributed by atoms with Gasteiger partial charge >= 0.3 is 5.97 Å². The van der Waals surface area contributed by atoms with Crippen LogP contribution in [0.2, 0.25) is 5.02 Å². The van der Waals surface area contributed by atoms with E-state index in [0.717, 1.165) is 11.5 Å². The third kappa shape index (κ3) is 4.32. The highest BCUT2D eigenvalue weighted by molar-refractivity contribution is 7.99. The Labute approximate surface area is 144 Å². The summed E-state index contributed by atoms with van der Waals surface area (Å²) < 4.78 is 5.68. The Morgan fingerprint density at radius 1 is 1.39 bits per heavy atom. The molecule has 0 saturated carbocycles. The minimum Gasteiger partial charge on any atom is -0.480 e. The highest BCUT2D eigenvalue weighted by Crippen LogP contribution is 2.29. The Kier molecular flexibility index (Phi) is 6.18. The van der Waals surface area contributed by atoms with Crippen LogP contribution in [0, 0.1) is 0 Å². The highest BCUT2D eigenvalue weighted by Gasteiger charge is 2.42. The van der Waals surface area contributed by atoms with E-state index in [0.29, 0.717) is 30.0 Å². The van der Waals surface area contributed by atoms with E-state index in [2.05, 4.69) is 5.32 Å². The number of hydrogen-bond donors (Lipinski definition) is 2. The molecule has 0 aromatic heterocycles. The molecule has 0 bridgehead atoms. The second-order valence-electron chi connectivity index (χ2n) is 5.43. The number of rotatable bonds is 6. The number of ether oxygens (including phenoxy) is 1. The van der Waals surface area contributed by atoms with Crippen molar-refractivity contribution in [2.45, 2.75) is 37.8 Å². The number of halogens is 1. The van der Waals surface area contributed by atoms with Gasteiger partial charge in [0.1, 0.15) is 11.3 Å². The molecule has 0 spiro atoms. The van der Waals surface area contributed by atoms with E-state index in [4.69, 9.17) is 16.3 Å². The van der Waals surface area contributed by atoms with Crippen LogP contribution in [0.4, 0.5) is 0 Å². The first-order chi connectivity index (χ1) is 11.0. The van der Waals surface area contributed by atoms with E-state index in [1.165, 1.54) is 0 Å². The molecule has 1 aliphatic heterocycles. The van der Waals surface area contributed by atoms with Crippen molar-refractivity contribution in [1.29, 1.82) is 0 Å². The average molecular weight is 358 g/mol. The Morgan fingerprint density at radius 2 is 2.04 bits per heavy atom. The van der Waals surface area contributed by atoms with Gasteiger partial charge in [0.2, 0.25) is 0 Å². The lowest BCUT2D eigenvalue weighted by molar-refractivity contribution is -0.149. The molecule has 1 fully saturated rings. The fraction of sp³-hybridized carbons (Fsp3) is 0.500. The number of benzene rings is 1. The van der Waals surface area contributed by atoms with Gasteiger partial charge in [-0.15, -0.1) is 0 Å². The maximum absolute atomic E-state index is 12.5. The second kappa shape index (κ2) is 7.93. The van der Waals surface area contributed by atoms with E-state index in [1.54, 1.807) is 36.0 Å². The molecule has 126 valence electrons. The third-order valence-electron chi connectivity index (χ3n) is 3.89. The van der Waals surface area contributed by atoms with Crippen LogP contribution in [0.1, 0.15) is 26.2 Å². The monoisotopic (exact) mass is 357 g/mol. The molecular formula is C16H20ClNO4S. The van der Waals surface area contributed by atoms with Gasteiger partial charge in [0.05, 0.1) is 5.02 Å². The van der Waals surface area contributed by atoms with Crippen molar-refractivity contribution in [2.24, 2.45) is 0 Å². The number of carboxylic acid groups (broad SMARTS) is 1. The van der Waals surface area contributed by atoms with E-state index < -0.39 is 23.5 Å². The first-order valence-electron chi connectivity index (χ1n) is 7.53. The predicted octanol–water partition coefficient (Wildman–Crippen LogP) is 2.96. The van der Waals surface area contributed by atoms with E-state index in [9.17, 15) is 14.7 Å². The molecule has 1 aliphatic rings. The molecule has 1 amide bonds. The largest absolute Gasteiger partial charge is 0.480 e. The van der Waals surface area contributed by atoms with Crippen molar-refractivity contribution in [3.05, 3.63) is 29.3 Å². The van der Waals surface area contributed by atoms with Crippen LogP contribution in [0.5, 0.6) is 5.75 Å². The normalized spacial score (nSPS) is 18.0. The Balaban J connectivity index is 2.10. The number of aliphatic carboxylic acids is 1. The average Bonchev–Trinajstić information content (AvgIpc) is 2.54. The Bertz CT molecular complexity index is 575. The Morgan fingerprint density at radius 3 is 2.61 bits per heavy atom. The standard InChI is InChI=1S/C16H20ClNO4S/c1-2-12(22-13-6-4-3-5-11(13)17)14(19)18-16(15(20)21)7-9-23-10-8-16/h3-6,12H,2,7-10H2,1H3,(H,18,19)(H,20,21). The van der Waals surface area contributed by atoms with Crippen molar-refractivity contribution in [2.75, 3.05) is 11.5 Å². The number of amides is 1. The van der Waals surface area contributed by atoms with Gasteiger partial charge in [-0.25, -0.2) is 4.79 Å². The molecule has 1 unspecified atom stereocenters. The molecule has 23 heavy (non-hydrogen) atoms. The minimum atomic E-state index is -1.19. The number of hydrogen-bond acceptors (Lipinski definition) is 4. The SMILES string of the molecule is CCC(Oc1ccccc1Cl)C(=O)NC1(C(=O)O)CCSCC1. The van der Waals surface area contributed by atoms with Crippen LogP contribution < -0.4 is 10.1 Å². The first-order valence-corrected chi connectivity index (χ1v) is 9.06. The fourth-order valence-electron chi connectivity index (χ4n) is 2.44. The lowest BCUT2D eigenvalue weighted by Crippen LogP contribution is -2.59. The maximum Gasteiger partial charge on any atom is 0.329 e. The van der Waals surface area contributed by atoms with E-state index in [1.807, 2.05) is 6.92 Å². The molecule has 1 aromatic rings. The number of carbonyl (C=O) groups is 2. The van der Waals surface area contributed by atoms with Gasteiger partial charge in [0.15, 0.2) is 6.10 Å². The molecule has 1 atom stereocenters. The van der Waals surface area contributed by atoms with Crippen LogP contribution in [-0.2, 0) is 9.59 Å². The number of carboxylic acids is 1. The molecule has 2 N–H and O–H groups in total. The van der Waals surface area contributed by atoms with E-state index >= 15 is 0 Å². The van der Waals surface area contributed by atoms with Crippen molar-refractivity contribution in [1.82, 2.24) is 5.32 Å². The zero-order valence-corrected chi connectivity index (χ0v) is 14.5. The summed E-state index contributed by atoms with van der Waals surface area (Å²) in [4.78, 5) is 24.2. The zero-order valence-electron chi connectivity index (χ0n) is 12.9. The first kappa shape index (κ1) is 17.9. The summed E-state index contributed by atoms with van der Waals surface area (Å²) >= 11 is 7.74. The maximum atomic E-state index is 12.5. The lowest BCUT2D eigenvalue weighted by atomic mass is 9.92. The summed E-state index contributed by atoms with van der Waals surface area (Å²) in [7, 11) is 0. The highest BCUT2D eigenvalue weighted by atomic mass is 35.5. The second-order valence-corrected chi connectivity index (χ2v) is 7.07. The lowest BCUT2D eigenvalue weighted by Gasteiger charge is -2.34. The zero-order chi connectivity index (χ0) is 16.9. The molecule has 2 rings (SSSR count). The number of nitrogens with one attached hydrogen (secondary N) is 1. The topological polar surface area (TPSA) is 75.6 Å². The van der Waals surface area contributed by atoms with Crippen molar-refractivity contribution in [3.8, 4) is 5.75 Å². The van der Waals surface area contributed by atoms with Gasteiger partial charge in [-0.1, -0.05) is 30.7 Å². The van der Waals surface area contributed by atoms with Crippen LogP contribution in [0.3, 0.4) is 0 Å². The molecule has 1 saturated heterocycles. The third-order valence-corrected chi connectivity index (χ3v) is 5.19. The van der Waals surface area contributed by atoms with Crippen LogP contribution in [0.15, 0.2) is 24.3 Å². The van der Waals surface area contributed by atoms with Gasteiger partial charge in [-0.05, 0) is 42.9 Å². The van der Waals surface area contributed by atoms with Crippen LogP contribution in [-0.4, -0.2) is 40.1 Å². The van der Waals surface area contributed by atoms with E-state index in [-0.39, 0.29) is 0 Å². The summed E-state index contributed by atoms with van der Waals surface area (Å²) in [6.07, 6.45) is 0.477. The molecule has 5 nitrogen and oxygen atoms in total. The summed E-state index contributed by atoms with van der Waals surface area (Å²) in [6.45, 7) is 1.81. The summed E-state index contributed by atoms with van der Waals surface area (Å²) in [5.74, 6) is 0.448. The van der Waals surface area contributed by atoms with Gasteiger partial charge in [0.25, 0.3) is 5.91 Å². The smallest absolute Gasteiger partial charge is 0.329 e. The summed E-state index contributed by atoms with van der Waals surface area (Å²) in [5, 5.41) is 12.7. The molecule has 7 heteroatoms. The number of carbonyl (C=O) groups excluding carboxylic acids is 1. The molecule has 1 aromatic carbocycles. The summed E-state index contributed by atoms with van der Waals surface area (Å²) in [5.41, 5.74) is -1.19.